The van der Waals surface area contributed by atoms with E-state index < -0.39 is 34.9 Å². The Kier molecular flexibility index (Phi) is 36.4. The van der Waals surface area contributed by atoms with Crippen LogP contribution >= 0.6 is 63.4 Å². The highest BCUT2D eigenvalue weighted by molar-refractivity contribution is 7.71. The van der Waals surface area contributed by atoms with Gasteiger partial charge in [-0.2, -0.15) is 19.9 Å². The molecule has 5 aliphatic rings. The quantitative estimate of drug-likeness (QED) is 0.0174. The van der Waals surface area contributed by atoms with Gasteiger partial charge in [0.1, 0.15) is 90.4 Å². The number of allylic oxidation sites excluding steroid dienone is 1. The van der Waals surface area contributed by atoms with Crippen LogP contribution in [0.4, 0.5) is 92.2 Å². The van der Waals surface area contributed by atoms with Crippen molar-refractivity contribution >= 4 is 206 Å². The molecule has 1 unspecified atom stereocenters. The predicted molar refractivity (Wildman–Crippen MR) is 597 cm³/mol. The second-order valence-corrected chi connectivity index (χ2v) is 51.5. The maximum absolute atomic E-state index is 12.9. The van der Waals surface area contributed by atoms with E-state index in [9.17, 15) is 27.8 Å². The number of hydrogen-bond donors (Lipinski definition) is 11. The van der Waals surface area contributed by atoms with Crippen LogP contribution in [-0.2, 0) is 29.5 Å². The van der Waals surface area contributed by atoms with Gasteiger partial charge in [0.05, 0.1) is 118 Å². The van der Waals surface area contributed by atoms with Crippen LogP contribution in [0.25, 0.3) is 11.0 Å². The molecule has 4 aromatic heterocycles. The van der Waals surface area contributed by atoms with Crippen LogP contribution < -0.4 is 113 Å². The van der Waals surface area contributed by atoms with E-state index in [-0.39, 0.29) is 23.8 Å². The maximum Gasteiger partial charge on any atom is 0.251 e. The van der Waals surface area contributed by atoms with E-state index in [1.807, 2.05) is 133 Å². The lowest BCUT2D eigenvalue weighted by molar-refractivity contribution is -0.119. The number of nitrogens with zero attached hydrogens (tertiary/aromatic N) is 13. The summed E-state index contributed by atoms with van der Waals surface area (Å²) in [6, 6.07) is 51.3. The molecular weight excluding hydrogens is 2000 g/mol. The number of piperazine rings is 1. The van der Waals surface area contributed by atoms with E-state index in [1.54, 1.807) is 151 Å². The molecule has 17 rings (SSSR count). The van der Waals surface area contributed by atoms with Gasteiger partial charge in [0, 0.05) is 115 Å². The first-order valence-corrected chi connectivity index (χ1v) is 59.1. The Hall–Kier alpha value is -12.7. The standard InChI is InChI=1S/C30H43ClN7O3P.C27H32N7O3P.C26H32ClN6O3P.C20H22ClN4O3P/c1-36-14-16-38(17-15-36)21-10-12-37(13-11-21)22-6-8-26(27(18-22)40-2)34-30-32-20-24(31)29(35-30)33-25-9-7-23(42(4,5)39)19-28(25)41-3;1-33(2)16-24(35)34-13-11-17-14-22(37-3)20(15-21(17)34)30-27-31-25-18(10-12-28-25)26(32-27)29-19-8-6-7-9-23(19)38(4,5)36;1-33-13-11-18(12-14-33)29-25(34)17-9-10-20(22(15-17)36-2)31-26-28-16-19(27)24(32-26)30-21-7-5-6-8-23(21)37(3,4)35;1-27-17-8-6-5-7-15(17)23-19-14(21)12-22-20(25-19)24-16-10-9-13(29(3,4)26)11-18(16)28-2/h6-9,18-21,30,33-35H,10-17H2,1-5H3;6-10,12,14-15H,11,13,16H2,1-5H3,(H3,28,29,30,31,32);5-10,15-16,18H,11-14H2,1-4H3,(H,29,34)(H2,28,30,31,32);5-12H,1-4H3,(H2,22,23,24,25). The summed E-state index contributed by atoms with van der Waals surface area (Å²) < 4.78 is 83.8. The Morgan fingerprint density at radius 1 is 0.466 bits per heavy atom. The van der Waals surface area contributed by atoms with Crippen molar-refractivity contribution < 1.29 is 56.3 Å². The summed E-state index contributed by atoms with van der Waals surface area (Å²) >= 11 is 19.1. The molecule has 0 aliphatic carbocycles. The van der Waals surface area contributed by atoms with E-state index in [4.69, 9.17) is 68.2 Å². The molecule has 2 amide bonds. The fourth-order valence-electron chi connectivity index (χ4n) is 17.2. The second-order valence-electron chi connectivity index (χ2n) is 37.5. The highest BCUT2D eigenvalue weighted by atomic mass is 35.5. The Morgan fingerprint density at radius 2 is 0.952 bits per heavy atom. The topological polar surface area (TPSA) is 403 Å². The van der Waals surface area contributed by atoms with E-state index in [0.717, 1.165) is 114 Å². The molecule has 0 saturated carbocycles. The van der Waals surface area contributed by atoms with Gasteiger partial charge in [-0.25, -0.2) is 15.0 Å². The largest absolute Gasteiger partial charge is 0.495 e. The van der Waals surface area contributed by atoms with Crippen molar-refractivity contribution in [1.29, 1.82) is 0 Å². The monoisotopic (exact) mass is 2120 g/mol. The zero-order chi connectivity index (χ0) is 104. The van der Waals surface area contributed by atoms with E-state index in [2.05, 4.69) is 134 Å². The first-order valence-electron chi connectivity index (χ1n) is 47.6. The predicted octanol–water partition coefficient (Wildman–Crippen LogP) is 17.8. The number of H-pyrrole nitrogens is 1. The summed E-state index contributed by atoms with van der Waals surface area (Å²) in [5.74, 6) is 6.47. The number of para-hydroxylation sites is 4. The number of aromatic nitrogens is 7. The minimum Gasteiger partial charge on any atom is -0.495 e. The van der Waals surface area contributed by atoms with Crippen LogP contribution in [0.2, 0.25) is 10.0 Å². The second kappa shape index (κ2) is 48.8. The zero-order valence-corrected chi connectivity index (χ0v) is 91.2. The lowest BCUT2D eigenvalue weighted by Crippen LogP contribution is -2.52. The third-order valence-corrected chi connectivity index (χ3v) is 32.1. The van der Waals surface area contributed by atoms with Crippen molar-refractivity contribution in [2.45, 2.75) is 50.5 Å². The highest BCUT2D eigenvalue weighted by Crippen LogP contribution is 2.46. The lowest BCUT2D eigenvalue weighted by Gasteiger charge is -2.42. The molecule has 12 aromatic rings. The van der Waals surface area contributed by atoms with Gasteiger partial charge in [0.25, 0.3) is 5.91 Å². The average molecular weight is 2130 g/mol. The molecule has 1 atom stereocenters. The van der Waals surface area contributed by atoms with E-state index in [1.165, 1.54) is 44.0 Å². The molecule has 146 heavy (non-hydrogen) atoms. The summed E-state index contributed by atoms with van der Waals surface area (Å²) in [5, 5.41) is 37.2. The molecule has 0 bridgehead atoms. The molecular formula is C103H129Cl3N24O12P4. The number of amides is 2. The molecule has 774 valence electrons. The fraction of sp³-hybridized carbons (Fsp3) is 0.350. The van der Waals surface area contributed by atoms with Crippen LogP contribution in [0.3, 0.4) is 0 Å². The number of benzene rings is 8. The van der Waals surface area contributed by atoms with Gasteiger partial charge in [-0.1, -0.05) is 71.2 Å². The molecule has 11 N–H and O–H groups in total. The molecule has 3 fully saturated rings. The van der Waals surface area contributed by atoms with Crippen molar-refractivity contribution in [2.24, 2.45) is 4.99 Å². The summed E-state index contributed by atoms with van der Waals surface area (Å²) in [4.78, 5) is 73.7. The fourth-order valence-corrected chi connectivity index (χ4v) is 21.6. The highest BCUT2D eigenvalue weighted by Gasteiger charge is 2.33. The number of ether oxygens (including phenoxy) is 6. The molecule has 5 aliphatic heterocycles. The van der Waals surface area contributed by atoms with Gasteiger partial charge in [-0.05, 0) is 254 Å². The van der Waals surface area contributed by atoms with Crippen LogP contribution in [-0.4, -0.2) is 281 Å². The van der Waals surface area contributed by atoms with Crippen molar-refractivity contribution in [3.05, 3.63) is 214 Å². The molecule has 43 heteroatoms. The third kappa shape index (κ3) is 28.4. The minimum absolute atomic E-state index is 0.0446. The van der Waals surface area contributed by atoms with Crippen molar-refractivity contribution in [2.75, 3.05) is 242 Å². The number of aromatic amines is 1. The van der Waals surface area contributed by atoms with Gasteiger partial charge < -0.3 is 129 Å². The Labute approximate surface area is 867 Å². The number of fused-ring (bicyclic) bond motifs is 2. The van der Waals surface area contributed by atoms with Gasteiger partial charge in [0.15, 0.2) is 17.9 Å². The number of hydrogen-bond acceptors (Lipinski definition) is 33. The van der Waals surface area contributed by atoms with Crippen LogP contribution in [0.5, 0.6) is 34.5 Å². The van der Waals surface area contributed by atoms with Crippen molar-refractivity contribution in [1.82, 2.24) is 65.1 Å². The number of halogens is 3. The van der Waals surface area contributed by atoms with Crippen LogP contribution in [0.15, 0.2) is 198 Å². The van der Waals surface area contributed by atoms with Gasteiger partial charge in [-0.3, -0.25) is 14.5 Å². The van der Waals surface area contributed by atoms with Crippen LogP contribution in [0.1, 0.15) is 41.6 Å². The molecule has 9 heterocycles. The van der Waals surface area contributed by atoms with Crippen LogP contribution in [0, 0.1) is 0 Å². The lowest BCUT2D eigenvalue weighted by atomic mass is 10.0. The third-order valence-electron chi connectivity index (χ3n) is 25.1. The summed E-state index contributed by atoms with van der Waals surface area (Å²) in [6.07, 6.45) is 10.9. The number of likely N-dealkylation sites (N-methyl/N-ethyl adjacent to an activating group) is 2. The number of aliphatic imine (C=N–C) groups is 1. The number of nitrogens with one attached hydrogen (secondary N) is 11. The number of carbonyl (C=O) groups excluding carboxylic acids is 2. The average Bonchev–Trinajstić information content (AvgIpc) is 1.62. The summed E-state index contributed by atoms with van der Waals surface area (Å²) in [5.41, 5.74) is 9.78. The molecule has 0 radical (unpaired) electrons. The van der Waals surface area contributed by atoms with Crippen molar-refractivity contribution in [3.8, 4) is 34.5 Å². The van der Waals surface area contributed by atoms with Gasteiger partial charge >= 0.3 is 0 Å². The number of anilines is 16. The summed E-state index contributed by atoms with van der Waals surface area (Å²) in [7, 11) is 7.76. The normalized spacial score (nSPS) is 15.3. The SMILES string of the molecule is COc1cc(C(=O)NC2CCN(C)CC2)ccc1Nc1ncc(Cl)c(Nc2ccccc2P(C)(C)=O)n1.COc1cc(P(C)(C)=O)ccc1NC1=C(Cl)C=NC(Nc2ccc(N3CCC(N4CCN(C)CC4)CC3)cc2OC)N1.COc1cc(P(C)(C)=O)ccc1Nc1ncc(Cl)c(Nc2ccccc2OC)n1.COc1cc2c(cc1Nc1nc(Nc3ccccc3P(C)(C)=O)c3cc[nH]c3n1)N(C(=O)CN(C)C)CC2. The zero-order valence-electron chi connectivity index (χ0n) is 85.4. The first-order chi connectivity index (χ1) is 69.7. The summed E-state index contributed by atoms with van der Waals surface area (Å²) in [6.45, 7) is 23.5. The Morgan fingerprint density at radius 3 is 1.51 bits per heavy atom. The molecule has 36 nitrogen and oxygen atoms in total. The van der Waals surface area contributed by atoms with E-state index in [0.29, 0.717) is 143 Å². The maximum atomic E-state index is 12.9. The number of piperidine rings is 2. The Balaban J connectivity index is 0.000000155. The van der Waals surface area contributed by atoms with E-state index >= 15 is 0 Å². The molecule has 3 saturated heterocycles. The van der Waals surface area contributed by atoms with Gasteiger partial charge in [0.2, 0.25) is 23.8 Å². The number of methoxy groups -OCH3 is 6. The first kappa shape index (κ1) is 109. The molecule has 8 aromatic carbocycles. The number of carbonyl (C=O) groups is 2. The smallest absolute Gasteiger partial charge is 0.251 e. The minimum atomic E-state index is -2.53. The number of rotatable bonds is 32. The van der Waals surface area contributed by atoms with Crippen molar-refractivity contribution in [3.63, 3.8) is 0 Å². The Bertz CT molecular complexity index is 6940. The molecule has 0 spiro atoms. The number of likely N-dealkylation sites (tertiary alicyclic amines) is 1. The van der Waals surface area contributed by atoms with Gasteiger partial charge in [-0.15, -0.1) is 0 Å².